The van der Waals surface area contributed by atoms with Gasteiger partial charge in [-0.3, -0.25) is 4.79 Å². The van der Waals surface area contributed by atoms with E-state index in [0.717, 1.165) is 12.1 Å². The van der Waals surface area contributed by atoms with Crippen LogP contribution in [0.5, 0.6) is 0 Å². The molecular weight excluding hydrogens is 254 g/mol. The molecule has 0 unspecified atom stereocenters. The summed E-state index contributed by atoms with van der Waals surface area (Å²) in [6.45, 7) is 5.03. The molecule has 0 fully saturated rings. The molecule has 4 N–H and O–H groups in total. The molecule has 0 aliphatic carbocycles. The summed E-state index contributed by atoms with van der Waals surface area (Å²) in [6.07, 6.45) is 0.719. The molecule has 0 spiro atoms. The van der Waals surface area contributed by atoms with Gasteiger partial charge in [-0.2, -0.15) is 0 Å². The Morgan fingerprint density at radius 2 is 2.05 bits per heavy atom. The number of nitrogen functional groups attached to an aromatic ring is 1. The van der Waals surface area contributed by atoms with Crippen LogP contribution in [0.1, 0.15) is 30.6 Å². The maximum absolute atomic E-state index is 11.8. The van der Waals surface area contributed by atoms with Crippen LogP contribution in [0, 0.1) is 5.41 Å². The van der Waals surface area contributed by atoms with Gasteiger partial charge in [0.05, 0.1) is 11.4 Å². The molecule has 0 bridgehead atoms. The van der Waals surface area contributed by atoms with E-state index >= 15 is 0 Å². The van der Waals surface area contributed by atoms with E-state index in [-0.39, 0.29) is 17.9 Å². The quantitative estimate of drug-likeness (QED) is 0.694. The van der Waals surface area contributed by atoms with Crippen molar-refractivity contribution < 1.29 is 9.90 Å². The van der Waals surface area contributed by atoms with Crippen molar-refractivity contribution in [2.45, 2.75) is 20.3 Å². The molecule has 0 aromatic heterocycles. The van der Waals surface area contributed by atoms with E-state index in [2.05, 4.69) is 19.2 Å². The highest BCUT2D eigenvalue weighted by molar-refractivity contribution is 5.95. The third kappa shape index (κ3) is 4.42. The van der Waals surface area contributed by atoms with E-state index < -0.39 is 0 Å². The molecule has 0 radical (unpaired) electrons. The van der Waals surface area contributed by atoms with E-state index in [9.17, 15) is 4.79 Å². The second-order valence-corrected chi connectivity index (χ2v) is 5.99. The molecule has 1 rings (SSSR count). The van der Waals surface area contributed by atoms with Gasteiger partial charge in [0.25, 0.3) is 5.91 Å². The molecule has 0 aliphatic rings. The molecular formula is C15H25N3O2. The minimum absolute atomic E-state index is 0.0146. The van der Waals surface area contributed by atoms with E-state index in [1.54, 1.807) is 26.2 Å². The SMILES string of the molecule is CN(C)C(=O)c1ccc(NCC(C)(C)CCO)c(N)c1. The lowest BCUT2D eigenvalue weighted by atomic mass is 9.89. The zero-order valence-corrected chi connectivity index (χ0v) is 12.7. The molecule has 1 amide bonds. The molecule has 0 aliphatic heterocycles. The summed E-state index contributed by atoms with van der Waals surface area (Å²) in [5.41, 5.74) is 7.91. The van der Waals surface area contributed by atoms with E-state index in [1.807, 2.05) is 6.07 Å². The van der Waals surface area contributed by atoms with Gasteiger partial charge in [-0.05, 0) is 30.0 Å². The van der Waals surface area contributed by atoms with Crippen molar-refractivity contribution >= 4 is 17.3 Å². The van der Waals surface area contributed by atoms with Gasteiger partial charge in [0, 0.05) is 32.8 Å². The number of amides is 1. The second-order valence-electron chi connectivity index (χ2n) is 5.99. The first-order valence-electron chi connectivity index (χ1n) is 6.73. The third-order valence-electron chi connectivity index (χ3n) is 3.25. The first-order valence-corrected chi connectivity index (χ1v) is 6.73. The van der Waals surface area contributed by atoms with Gasteiger partial charge < -0.3 is 21.1 Å². The number of aliphatic hydroxyl groups is 1. The van der Waals surface area contributed by atoms with Crippen molar-refractivity contribution in [2.24, 2.45) is 5.41 Å². The van der Waals surface area contributed by atoms with Crippen molar-refractivity contribution in [2.75, 3.05) is 38.3 Å². The Morgan fingerprint density at radius 1 is 1.40 bits per heavy atom. The van der Waals surface area contributed by atoms with Gasteiger partial charge in [-0.1, -0.05) is 13.8 Å². The van der Waals surface area contributed by atoms with Crippen molar-refractivity contribution in [1.82, 2.24) is 4.90 Å². The Hall–Kier alpha value is -1.75. The van der Waals surface area contributed by atoms with Crippen LogP contribution in [-0.2, 0) is 0 Å². The summed E-state index contributed by atoms with van der Waals surface area (Å²) in [6, 6.07) is 5.27. The summed E-state index contributed by atoms with van der Waals surface area (Å²) in [5.74, 6) is -0.0659. The Labute approximate surface area is 120 Å². The average Bonchev–Trinajstić information content (AvgIpc) is 2.36. The maximum atomic E-state index is 11.8. The number of benzene rings is 1. The number of carbonyl (C=O) groups is 1. The monoisotopic (exact) mass is 279 g/mol. The predicted molar refractivity (Wildman–Crippen MR) is 82.8 cm³/mol. The Kier molecular flexibility index (Phi) is 5.39. The van der Waals surface area contributed by atoms with E-state index in [0.29, 0.717) is 17.8 Å². The van der Waals surface area contributed by atoms with Crippen LogP contribution in [0.25, 0.3) is 0 Å². The highest BCUT2D eigenvalue weighted by Crippen LogP contribution is 2.24. The highest BCUT2D eigenvalue weighted by atomic mass is 16.3. The molecule has 0 saturated heterocycles. The Bertz CT molecular complexity index is 470. The average molecular weight is 279 g/mol. The number of aliphatic hydroxyl groups excluding tert-OH is 1. The molecule has 0 saturated carbocycles. The van der Waals surface area contributed by atoms with Crippen LogP contribution in [0.15, 0.2) is 18.2 Å². The third-order valence-corrected chi connectivity index (χ3v) is 3.25. The molecule has 0 heterocycles. The molecule has 20 heavy (non-hydrogen) atoms. The van der Waals surface area contributed by atoms with Crippen LogP contribution in [0.2, 0.25) is 0 Å². The molecule has 5 heteroatoms. The number of anilines is 2. The number of hydrogen-bond donors (Lipinski definition) is 3. The fourth-order valence-electron chi connectivity index (χ4n) is 1.84. The van der Waals surface area contributed by atoms with Gasteiger partial charge in [-0.15, -0.1) is 0 Å². The summed E-state index contributed by atoms with van der Waals surface area (Å²) >= 11 is 0. The van der Waals surface area contributed by atoms with Crippen molar-refractivity contribution in [1.29, 1.82) is 0 Å². The number of nitrogens with zero attached hydrogens (tertiary/aromatic N) is 1. The minimum Gasteiger partial charge on any atom is -0.397 e. The van der Waals surface area contributed by atoms with Crippen molar-refractivity contribution in [3.05, 3.63) is 23.8 Å². The van der Waals surface area contributed by atoms with E-state index in [4.69, 9.17) is 10.8 Å². The number of rotatable bonds is 6. The topological polar surface area (TPSA) is 78.6 Å². The normalized spacial score (nSPS) is 11.2. The first kappa shape index (κ1) is 16.3. The lowest BCUT2D eigenvalue weighted by Crippen LogP contribution is -2.25. The summed E-state index contributed by atoms with van der Waals surface area (Å²) in [7, 11) is 3.42. The van der Waals surface area contributed by atoms with Crippen LogP contribution < -0.4 is 11.1 Å². The number of carbonyl (C=O) groups excluding carboxylic acids is 1. The van der Waals surface area contributed by atoms with Crippen LogP contribution in [-0.4, -0.2) is 43.2 Å². The fraction of sp³-hybridized carbons (Fsp3) is 0.533. The first-order chi connectivity index (χ1) is 9.26. The largest absolute Gasteiger partial charge is 0.397 e. The van der Waals surface area contributed by atoms with Crippen LogP contribution >= 0.6 is 0 Å². The van der Waals surface area contributed by atoms with Gasteiger partial charge in [-0.25, -0.2) is 0 Å². The van der Waals surface area contributed by atoms with E-state index in [1.165, 1.54) is 4.90 Å². The van der Waals surface area contributed by atoms with Gasteiger partial charge in [0.1, 0.15) is 0 Å². The van der Waals surface area contributed by atoms with Crippen LogP contribution in [0.4, 0.5) is 11.4 Å². The predicted octanol–water partition coefficient (Wildman–Crippen LogP) is 1.79. The van der Waals surface area contributed by atoms with Gasteiger partial charge in [0.2, 0.25) is 0 Å². The fourth-order valence-corrected chi connectivity index (χ4v) is 1.84. The smallest absolute Gasteiger partial charge is 0.253 e. The van der Waals surface area contributed by atoms with Gasteiger partial charge >= 0.3 is 0 Å². The molecule has 112 valence electrons. The second kappa shape index (κ2) is 6.61. The highest BCUT2D eigenvalue weighted by Gasteiger charge is 2.17. The Morgan fingerprint density at radius 3 is 2.55 bits per heavy atom. The number of nitrogens with one attached hydrogen (secondary N) is 1. The number of hydrogen-bond acceptors (Lipinski definition) is 4. The van der Waals surface area contributed by atoms with Crippen molar-refractivity contribution in [3.8, 4) is 0 Å². The lowest BCUT2D eigenvalue weighted by Gasteiger charge is -2.25. The molecule has 5 nitrogen and oxygen atoms in total. The maximum Gasteiger partial charge on any atom is 0.253 e. The summed E-state index contributed by atoms with van der Waals surface area (Å²) < 4.78 is 0. The molecule has 0 atom stereocenters. The molecule has 1 aromatic rings. The minimum atomic E-state index is -0.0659. The number of nitrogens with two attached hydrogens (primary N) is 1. The molecule has 1 aromatic carbocycles. The summed E-state index contributed by atoms with van der Waals surface area (Å²) in [5, 5.41) is 12.3. The zero-order valence-electron chi connectivity index (χ0n) is 12.7. The zero-order chi connectivity index (χ0) is 15.3. The van der Waals surface area contributed by atoms with Gasteiger partial charge in [0.15, 0.2) is 0 Å². The summed E-state index contributed by atoms with van der Waals surface area (Å²) in [4.78, 5) is 13.4. The standard InChI is InChI=1S/C15H25N3O2/c1-15(2,7-8-19)10-17-13-6-5-11(9-12(13)16)14(20)18(3)4/h5-6,9,17,19H,7-8,10,16H2,1-4H3. The van der Waals surface area contributed by atoms with Crippen LogP contribution in [0.3, 0.4) is 0 Å². The van der Waals surface area contributed by atoms with Crippen molar-refractivity contribution in [3.63, 3.8) is 0 Å². The Balaban J connectivity index is 2.77. The lowest BCUT2D eigenvalue weighted by molar-refractivity contribution is 0.0827.